The predicted octanol–water partition coefficient (Wildman–Crippen LogP) is 2.97. The standard InChI is InChI=1S/C15H12N2O3S2/c1-8-2-4-9(5-3-8)11(19)7-21-15-17-14-13(22-15)10(18)6-12(20)16-14/h2-6H,7H2,1H3,(H2,16,18,20). The fraction of sp³-hybridized carbons (Fsp3) is 0.133. The quantitative estimate of drug-likeness (QED) is 0.567. The number of benzene rings is 1. The molecule has 0 amide bonds. The molecule has 0 radical (unpaired) electrons. The number of aromatic amines is 1. The molecule has 3 rings (SSSR count). The fourth-order valence-corrected chi connectivity index (χ4v) is 3.82. The molecule has 3 aromatic rings. The number of aryl methyl sites for hydroxylation is 1. The maximum absolute atomic E-state index is 12.1. The topological polar surface area (TPSA) is 83.0 Å². The maximum Gasteiger partial charge on any atom is 0.253 e. The zero-order chi connectivity index (χ0) is 15.7. The first-order valence-electron chi connectivity index (χ1n) is 6.48. The maximum atomic E-state index is 12.1. The van der Waals surface area contributed by atoms with Gasteiger partial charge in [-0.3, -0.25) is 9.59 Å². The summed E-state index contributed by atoms with van der Waals surface area (Å²) in [5.41, 5.74) is 1.72. The second-order valence-electron chi connectivity index (χ2n) is 4.75. The number of hydrogen-bond donors (Lipinski definition) is 2. The van der Waals surface area contributed by atoms with Crippen molar-refractivity contribution in [3.05, 3.63) is 51.8 Å². The van der Waals surface area contributed by atoms with Gasteiger partial charge in [0.15, 0.2) is 15.8 Å². The largest absolute Gasteiger partial charge is 0.506 e. The average molecular weight is 332 g/mol. The van der Waals surface area contributed by atoms with E-state index in [-0.39, 0.29) is 17.3 Å². The van der Waals surface area contributed by atoms with Crippen molar-refractivity contribution in [2.75, 3.05) is 5.75 Å². The lowest BCUT2D eigenvalue weighted by molar-refractivity contribution is 0.102. The van der Waals surface area contributed by atoms with Gasteiger partial charge in [-0.2, -0.15) is 0 Å². The zero-order valence-corrected chi connectivity index (χ0v) is 13.3. The van der Waals surface area contributed by atoms with Crippen molar-refractivity contribution in [2.45, 2.75) is 11.3 Å². The van der Waals surface area contributed by atoms with Crippen LogP contribution in [0.1, 0.15) is 15.9 Å². The number of pyridine rings is 1. The number of H-pyrrole nitrogens is 1. The predicted molar refractivity (Wildman–Crippen MR) is 88.1 cm³/mol. The van der Waals surface area contributed by atoms with E-state index in [2.05, 4.69) is 9.97 Å². The second kappa shape index (κ2) is 5.94. The minimum atomic E-state index is -0.400. The van der Waals surface area contributed by atoms with Crippen molar-refractivity contribution in [3.8, 4) is 5.75 Å². The van der Waals surface area contributed by atoms with E-state index in [0.717, 1.165) is 11.6 Å². The van der Waals surface area contributed by atoms with Gasteiger partial charge in [-0.1, -0.05) is 41.6 Å². The molecule has 0 aliphatic rings. The number of Topliss-reactive ketones (excluding diaryl/α,β-unsaturated/α-hetero) is 1. The number of thiazole rings is 1. The van der Waals surface area contributed by atoms with Crippen molar-refractivity contribution in [3.63, 3.8) is 0 Å². The van der Waals surface area contributed by atoms with Crippen LogP contribution in [0.15, 0.2) is 39.5 Å². The minimum absolute atomic E-state index is 0.0157. The first-order chi connectivity index (χ1) is 10.5. The van der Waals surface area contributed by atoms with Crippen LogP contribution >= 0.6 is 23.1 Å². The molecule has 0 bridgehead atoms. The highest BCUT2D eigenvalue weighted by Gasteiger charge is 2.12. The van der Waals surface area contributed by atoms with Gasteiger partial charge < -0.3 is 10.1 Å². The molecule has 0 unspecified atom stereocenters. The summed E-state index contributed by atoms with van der Waals surface area (Å²) in [6.07, 6.45) is 0. The second-order valence-corrected chi connectivity index (χ2v) is 6.98. The Kier molecular flexibility index (Phi) is 4.00. The molecule has 2 aromatic heterocycles. The fourth-order valence-electron chi connectivity index (χ4n) is 1.91. The Hall–Kier alpha value is -2.12. The lowest BCUT2D eigenvalue weighted by atomic mass is 10.1. The number of thioether (sulfide) groups is 1. The molecule has 0 spiro atoms. The summed E-state index contributed by atoms with van der Waals surface area (Å²) in [7, 11) is 0. The molecule has 0 saturated carbocycles. The van der Waals surface area contributed by atoms with Gasteiger partial charge in [0, 0.05) is 11.6 Å². The van der Waals surface area contributed by atoms with Crippen molar-refractivity contribution in [1.29, 1.82) is 0 Å². The summed E-state index contributed by atoms with van der Waals surface area (Å²) in [4.78, 5) is 30.2. The molecule has 0 aliphatic heterocycles. The van der Waals surface area contributed by atoms with Crippen LogP contribution in [-0.2, 0) is 0 Å². The number of nitrogens with one attached hydrogen (secondary N) is 1. The van der Waals surface area contributed by atoms with E-state index in [1.54, 1.807) is 12.1 Å². The summed E-state index contributed by atoms with van der Waals surface area (Å²) in [5.74, 6) is 0.184. The van der Waals surface area contributed by atoms with Crippen LogP contribution in [0.5, 0.6) is 5.75 Å². The van der Waals surface area contributed by atoms with Crippen LogP contribution in [0, 0.1) is 6.92 Å². The number of ketones is 1. The molecule has 0 atom stereocenters. The molecule has 0 aliphatic carbocycles. The summed E-state index contributed by atoms with van der Waals surface area (Å²) in [6, 6.07) is 8.53. The summed E-state index contributed by atoms with van der Waals surface area (Å²) < 4.78 is 1.15. The number of rotatable bonds is 4. The summed E-state index contributed by atoms with van der Waals surface area (Å²) >= 11 is 2.54. The van der Waals surface area contributed by atoms with Crippen molar-refractivity contribution >= 4 is 39.2 Å². The van der Waals surface area contributed by atoms with Gasteiger partial charge in [0.05, 0.1) is 5.75 Å². The Morgan fingerprint density at radius 2 is 2.09 bits per heavy atom. The van der Waals surface area contributed by atoms with Gasteiger partial charge in [0.2, 0.25) is 0 Å². The van der Waals surface area contributed by atoms with Crippen molar-refractivity contribution in [2.24, 2.45) is 0 Å². The Bertz CT molecular complexity index is 897. The van der Waals surface area contributed by atoms with Crippen LogP contribution in [0.4, 0.5) is 0 Å². The monoisotopic (exact) mass is 332 g/mol. The highest BCUT2D eigenvalue weighted by atomic mass is 32.2. The number of aromatic nitrogens is 2. The SMILES string of the molecule is Cc1ccc(C(=O)CSc2nc3[nH]c(=O)cc(O)c3s2)cc1. The highest BCUT2D eigenvalue weighted by molar-refractivity contribution is 8.01. The highest BCUT2D eigenvalue weighted by Crippen LogP contribution is 2.33. The summed E-state index contributed by atoms with van der Waals surface area (Å²) in [5, 5.41) is 9.72. The lowest BCUT2D eigenvalue weighted by Crippen LogP contribution is -2.02. The molecular weight excluding hydrogens is 320 g/mol. The van der Waals surface area contributed by atoms with Gasteiger partial charge in [-0.25, -0.2) is 4.98 Å². The van der Waals surface area contributed by atoms with Gasteiger partial charge >= 0.3 is 0 Å². The average Bonchev–Trinajstić information content (AvgIpc) is 2.89. The van der Waals surface area contributed by atoms with Gasteiger partial charge in [-0.15, -0.1) is 11.3 Å². The Morgan fingerprint density at radius 3 is 2.82 bits per heavy atom. The van der Waals surface area contributed by atoms with E-state index < -0.39 is 5.56 Å². The van der Waals surface area contributed by atoms with Crippen LogP contribution in [0.3, 0.4) is 0 Å². The molecule has 1 aromatic carbocycles. The molecule has 7 heteroatoms. The summed E-state index contributed by atoms with van der Waals surface area (Å²) in [6.45, 7) is 1.97. The molecule has 0 fully saturated rings. The first-order valence-corrected chi connectivity index (χ1v) is 8.28. The molecule has 2 N–H and O–H groups in total. The number of fused-ring (bicyclic) bond motifs is 1. The molecule has 5 nitrogen and oxygen atoms in total. The smallest absolute Gasteiger partial charge is 0.253 e. The van der Waals surface area contributed by atoms with E-state index >= 15 is 0 Å². The third-order valence-electron chi connectivity index (χ3n) is 3.05. The van der Waals surface area contributed by atoms with Crippen molar-refractivity contribution < 1.29 is 9.90 Å². The molecule has 2 heterocycles. The van der Waals surface area contributed by atoms with Crippen LogP contribution < -0.4 is 5.56 Å². The third kappa shape index (κ3) is 3.05. The molecular formula is C15H12N2O3S2. The molecule has 112 valence electrons. The minimum Gasteiger partial charge on any atom is -0.506 e. The van der Waals surface area contributed by atoms with E-state index in [1.165, 1.54) is 23.1 Å². The zero-order valence-electron chi connectivity index (χ0n) is 11.6. The molecule has 0 saturated heterocycles. The Morgan fingerprint density at radius 1 is 1.36 bits per heavy atom. The van der Waals surface area contributed by atoms with E-state index in [4.69, 9.17) is 0 Å². The van der Waals surface area contributed by atoms with E-state index in [1.807, 2.05) is 19.1 Å². The number of aromatic hydroxyl groups is 1. The molecule has 22 heavy (non-hydrogen) atoms. The van der Waals surface area contributed by atoms with Crippen LogP contribution in [-0.4, -0.2) is 26.6 Å². The Balaban J connectivity index is 1.76. The third-order valence-corrected chi connectivity index (χ3v) is 5.27. The number of carbonyl (C=O) groups is 1. The van der Waals surface area contributed by atoms with Crippen LogP contribution in [0.25, 0.3) is 10.3 Å². The van der Waals surface area contributed by atoms with Gasteiger partial charge in [0.1, 0.15) is 10.4 Å². The van der Waals surface area contributed by atoms with Crippen LogP contribution in [0.2, 0.25) is 0 Å². The number of hydrogen-bond acceptors (Lipinski definition) is 6. The van der Waals surface area contributed by atoms with E-state index in [9.17, 15) is 14.7 Å². The lowest BCUT2D eigenvalue weighted by Gasteiger charge is -1.99. The number of carbonyl (C=O) groups excluding carboxylic acids is 1. The normalized spacial score (nSPS) is 11.0. The number of nitrogens with zero attached hydrogens (tertiary/aromatic N) is 1. The van der Waals surface area contributed by atoms with Gasteiger partial charge in [-0.05, 0) is 6.92 Å². The van der Waals surface area contributed by atoms with Gasteiger partial charge in [0.25, 0.3) is 5.56 Å². The first kappa shape index (κ1) is 14.8. The Labute approximate surface area is 134 Å². The van der Waals surface area contributed by atoms with E-state index in [0.29, 0.717) is 20.3 Å². The van der Waals surface area contributed by atoms with Crippen molar-refractivity contribution in [1.82, 2.24) is 9.97 Å².